The predicted octanol–water partition coefficient (Wildman–Crippen LogP) is 2.46. The van der Waals surface area contributed by atoms with Gasteiger partial charge in [-0.3, -0.25) is 30.6 Å². The molecule has 0 saturated heterocycles. The third-order valence-electron chi connectivity index (χ3n) is 2.82. The highest BCUT2D eigenvalue weighted by Crippen LogP contribution is 2.22. The fourth-order valence-corrected chi connectivity index (χ4v) is 1.96. The highest BCUT2D eigenvalue weighted by Gasteiger charge is 2.16. The molecule has 118 valence electrons. The van der Waals surface area contributed by atoms with Gasteiger partial charge in [0, 0.05) is 12.1 Å². The number of hydrogen-bond donors (Lipinski definition) is 2. The first-order valence-electron chi connectivity index (χ1n) is 6.19. The van der Waals surface area contributed by atoms with Gasteiger partial charge in [0.25, 0.3) is 17.5 Å². The number of rotatable bonds is 3. The third-order valence-corrected chi connectivity index (χ3v) is 3.13. The summed E-state index contributed by atoms with van der Waals surface area (Å²) in [6.07, 6.45) is 0. The first-order chi connectivity index (χ1) is 10.9. The summed E-state index contributed by atoms with van der Waals surface area (Å²) in [6, 6.07) is 8.48. The number of nitrogens with one attached hydrogen (secondary N) is 2. The van der Waals surface area contributed by atoms with Gasteiger partial charge in [0.05, 0.1) is 21.1 Å². The van der Waals surface area contributed by atoms with Crippen molar-refractivity contribution in [3.8, 4) is 0 Å². The largest absolute Gasteiger partial charge is 0.272 e. The predicted molar refractivity (Wildman–Crippen MR) is 79.4 cm³/mol. The fraction of sp³-hybridized carbons (Fsp3) is 0. The second kappa shape index (κ2) is 6.84. The zero-order valence-corrected chi connectivity index (χ0v) is 12.1. The number of hydrazine groups is 1. The lowest BCUT2D eigenvalue weighted by atomic mass is 10.2. The smallest absolute Gasteiger partial charge is 0.267 e. The van der Waals surface area contributed by atoms with E-state index in [9.17, 15) is 24.1 Å². The molecule has 0 aliphatic heterocycles. The van der Waals surface area contributed by atoms with Gasteiger partial charge in [-0.15, -0.1) is 0 Å². The van der Waals surface area contributed by atoms with Crippen LogP contribution in [-0.2, 0) is 0 Å². The lowest BCUT2D eigenvalue weighted by Crippen LogP contribution is -2.42. The molecule has 0 spiro atoms. The van der Waals surface area contributed by atoms with Gasteiger partial charge in [0.2, 0.25) is 0 Å². The van der Waals surface area contributed by atoms with Gasteiger partial charge in [-0.1, -0.05) is 23.7 Å². The monoisotopic (exact) mass is 337 g/mol. The minimum atomic E-state index is -0.852. The van der Waals surface area contributed by atoms with E-state index in [4.69, 9.17) is 11.6 Å². The Morgan fingerprint density at radius 1 is 1.04 bits per heavy atom. The van der Waals surface area contributed by atoms with E-state index in [1.54, 1.807) is 0 Å². The maximum absolute atomic E-state index is 13.4. The van der Waals surface area contributed by atoms with Gasteiger partial charge in [-0.25, -0.2) is 4.39 Å². The van der Waals surface area contributed by atoms with Gasteiger partial charge >= 0.3 is 0 Å². The average Bonchev–Trinajstić information content (AvgIpc) is 2.52. The summed E-state index contributed by atoms with van der Waals surface area (Å²) in [5.41, 5.74) is 3.48. The van der Waals surface area contributed by atoms with Crippen LogP contribution in [-0.4, -0.2) is 16.7 Å². The van der Waals surface area contributed by atoms with Crippen LogP contribution in [0.5, 0.6) is 0 Å². The fourth-order valence-electron chi connectivity index (χ4n) is 1.70. The minimum Gasteiger partial charge on any atom is -0.267 e. The van der Waals surface area contributed by atoms with Gasteiger partial charge in [0.1, 0.15) is 5.82 Å². The molecule has 7 nitrogen and oxygen atoms in total. The molecule has 23 heavy (non-hydrogen) atoms. The second-order valence-electron chi connectivity index (χ2n) is 4.31. The first kappa shape index (κ1) is 16.4. The molecular formula is C14H9ClFN3O4. The van der Waals surface area contributed by atoms with Crippen molar-refractivity contribution < 1.29 is 18.9 Å². The number of carbonyl (C=O) groups is 2. The van der Waals surface area contributed by atoms with Gasteiger partial charge in [-0.2, -0.15) is 0 Å². The van der Waals surface area contributed by atoms with Crippen LogP contribution in [0.25, 0.3) is 0 Å². The molecule has 2 aromatic rings. The van der Waals surface area contributed by atoms with E-state index < -0.39 is 22.6 Å². The van der Waals surface area contributed by atoms with Crippen LogP contribution >= 0.6 is 11.6 Å². The normalized spacial score (nSPS) is 10.0. The number of carbonyl (C=O) groups excluding carboxylic acids is 2. The topological polar surface area (TPSA) is 101 Å². The quantitative estimate of drug-likeness (QED) is 0.663. The second-order valence-corrected chi connectivity index (χ2v) is 4.72. The molecule has 0 unspecified atom stereocenters. The molecule has 9 heteroatoms. The number of nitrogens with zero attached hydrogens (tertiary/aromatic N) is 1. The van der Waals surface area contributed by atoms with Crippen molar-refractivity contribution >= 4 is 29.1 Å². The molecule has 0 fully saturated rings. The first-order valence-corrected chi connectivity index (χ1v) is 6.57. The molecule has 2 rings (SSSR count). The van der Waals surface area contributed by atoms with Gasteiger partial charge in [0.15, 0.2) is 0 Å². The van der Waals surface area contributed by atoms with Crippen molar-refractivity contribution in [3.05, 3.63) is 74.5 Å². The molecule has 0 aliphatic rings. The SMILES string of the molecule is O=C(NNC(=O)c1ccc([N+](=O)[O-])cc1Cl)c1ccccc1F. The molecule has 0 saturated carbocycles. The highest BCUT2D eigenvalue weighted by molar-refractivity contribution is 6.34. The molecule has 0 bridgehead atoms. The lowest BCUT2D eigenvalue weighted by Gasteiger charge is -2.09. The van der Waals surface area contributed by atoms with Crippen LogP contribution in [0.4, 0.5) is 10.1 Å². The van der Waals surface area contributed by atoms with Crippen molar-refractivity contribution in [2.24, 2.45) is 0 Å². The highest BCUT2D eigenvalue weighted by atomic mass is 35.5. The van der Waals surface area contributed by atoms with Crippen LogP contribution in [0.15, 0.2) is 42.5 Å². The Bertz CT molecular complexity index is 797. The summed E-state index contributed by atoms with van der Waals surface area (Å²) in [5, 5.41) is 10.4. The van der Waals surface area contributed by atoms with Crippen molar-refractivity contribution in [1.82, 2.24) is 10.9 Å². The molecule has 2 aromatic carbocycles. The van der Waals surface area contributed by atoms with E-state index in [1.807, 2.05) is 5.43 Å². The Hall–Kier alpha value is -3.00. The van der Waals surface area contributed by atoms with Crippen LogP contribution in [0.2, 0.25) is 5.02 Å². The molecule has 0 atom stereocenters. The molecule has 0 aromatic heterocycles. The third kappa shape index (κ3) is 3.80. The van der Waals surface area contributed by atoms with E-state index >= 15 is 0 Å². The number of halogens is 2. The number of benzene rings is 2. The zero-order valence-electron chi connectivity index (χ0n) is 11.4. The molecular weight excluding hydrogens is 329 g/mol. The van der Waals surface area contributed by atoms with Crippen LogP contribution < -0.4 is 10.9 Å². The summed E-state index contributed by atoms with van der Waals surface area (Å²) in [7, 11) is 0. The van der Waals surface area contributed by atoms with Gasteiger partial charge < -0.3 is 0 Å². The van der Waals surface area contributed by atoms with E-state index in [1.165, 1.54) is 18.2 Å². The van der Waals surface area contributed by atoms with Crippen molar-refractivity contribution in [2.75, 3.05) is 0 Å². The Kier molecular flexibility index (Phi) is 4.87. The Morgan fingerprint density at radius 3 is 2.22 bits per heavy atom. The summed E-state index contributed by atoms with van der Waals surface area (Å²) in [6.45, 7) is 0. The van der Waals surface area contributed by atoms with Crippen molar-refractivity contribution in [2.45, 2.75) is 0 Å². The van der Waals surface area contributed by atoms with E-state index in [2.05, 4.69) is 5.43 Å². The molecule has 2 amide bonds. The molecule has 2 N–H and O–H groups in total. The average molecular weight is 338 g/mol. The molecule has 0 radical (unpaired) electrons. The summed E-state index contributed by atoms with van der Waals surface area (Å²) in [4.78, 5) is 33.6. The van der Waals surface area contributed by atoms with Gasteiger partial charge in [-0.05, 0) is 18.2 Å². The molecule has 0 aliphatic carbocycles. The Morgan fingerprint density at radius 2 is 1.65 bits per heavy atom. The van der Waals surface area contributed by atoms with Crippen molar-refractivity contribution in [1.29, 1.82) is 0 Å². The number of hydrogen-bond acceptors (Lipinski definition) is 4. The minimum absolute atomic E-state index is 0.0777. The Balaban J connectivity index is 2.07. The van der Waals surface area contributed by atoms with Crippen molar-refractivity contribution in [3.63, 3.8) is 0 Å². The summed E-state index contributed by atoms with van der Waals surface area (Å²) in [5.74, 6) is -2.39. The maximum Gasteiger partial charge on any atom is 0.272 e. The van der Waals surface area contributed by atoms with Crippen LogP contribution in [0.3, 0.4) is 0 Å². The van der Waals surface area contributed by atoms with Crippen LogP contribution in [0.1, 0.15) is 20.7 Å². The van der Waals surface area contributed by atoms with E-state index in [0.29, 0.717) is 0 Å². The number of non-ortho nitro benzene ring substituents is 1. The number of amides is 2. The zero-order chi connectivity index (χ0) is 17.0. The lowest BCUT2D eigenvalue weighted by molar-refractivity contribution is -0.384. The van der Waals surface area contributed by atoms with Crippen LogP contribution in [0, 0.1) is 15.9 Å². The number of nitro groups is 1. The van der Waals surface area contributed by atoms with E-state index in [-0.39, 0.29) is 21.8 Å². The summed E-state index contributed by atoms with van der Waals surface area (Å²) >= 11 is 5.79. The Labute approximate surface area is 134 Å². The molecule has 0 heterocycles. The summed E-state index contributed by atoms with van der Waals surface area (Å²) < 4.78 is 13.4. The maximum atomic E-state index is 13.4. The number of nitro benzene ring substituents is 1. The van der Waals surface area contributed by atoms with E-state index in [0.717, 1.165) is 24.3 Å². The standard InChI is InChI=1S/C14H9ClFN3O4/c15-11-7-8(19(22)23)5-6-9(11)13(20)17-18-14(21)10-3-1-2-4-12(10)16/h1-7H,(H,17,20)(H,18,21).